The van der Waals surface area contributed by atoms with Gasteiger partial charge in [-0.05, 0) is 18.2 Å². The summed E-state index contributed by atoms with van der Waals surface area (Å²) in [7, 11) is 0. The zero-order chi connectivity index (χ0) is 19.1. The van der Waals surface area contributed by atoms with E-state index >= 15 is 0 Å². The third-order valence-corrected chi connectivity index (χ3v) is 3.75. The summed E-state index contributed by atoms with van der Waals surface area (Å²) in [4.78, 5) is 41.7. The highest BCUT2D eigenvalue weighted by atomic mass is 19.4. The highest BCUT2D eigenvalue weighted by molar-refractivity contribution is 5.99. The number of primary amides is 1. The second-order valence-electron chi connectivity index (χ2n) is 5.59. The predicted octanol–water partition coefficient (Wildman–Crippen LogP) is 1.44. The van der Waals surface area contributed by atoms with Gasteiger partial charge in [0.2, 0.25) is 17.8 Å². The molecule has 1 aromatic carbocycles. The van der Waals surface area contributed by atoms with E-state index < -0.39 is 35.0 Å². The van der Waals surface area contributed by atoms with Crippen LogP contribution in [0.3, 0.4) is 0 Å². The van der Waals surface area contributed by atoms with Gasteiger partial charge in [0, 0.05) is 12.1 Å². The van der Waals surface area contributed by atoms with Gasteiger partial charge in [-0.2, -0.15) is 18.2 Å². The first kappa shape index (κ1) is 17.5. The zero-order valence-electron chi connectivity index (χ0n) is 13.0. The van der Waals surface area contributed by atoms with Gasteiger partial charge in [-0.3, -0.25) is 19.4 Å². The number of nitrogens with zero attached hydrogens (tertiary/aromatic N) is 1. The maximum absolute atomic E-state index is 12.8. The number of carbonyl (C=O) groups is 2. The highest BCUT2D eigenvalue weighted by Crippen LogP contribution is 2.32. The number of rotatable bonds is 3. The quantitative estimate of drug-likeness (QED) is 0.652. The van der Waals surface area contributed by atoms with Crippen molar-refractivity contribution >= 4 is 29.3 Å². The van der Waals surface area contributed by atoms with Crippen molar-refractivity contribution in [1.29, 1.82) is 0 Å². The summed E-state index contributed by atoms with van der Waals surface area (Å²) in [5.41, 5.74) is 3.53. The van der Waals surface area contributed by atoms with E-state index in [2.05, 4.69) is 20.6 Å². The first-order chi connectivity index (χ1) is 12.1. The molecule has 2 amide bonds. The SMILES string of the molecule is NC(=O)[C@@H]1CC(=O)Nc2nc(Nc3cccc(C(F)(F)F)c3)[nH]c(=O)c21. The van der Waals surface area contributed by atoms with Gasteiger partial charge >= 0.3 is 6.18 Å². The number of amides is 2. The normalized spacial score (nSPS) is 16.6. The fraction of sp³-hybridized carbons (Fsp3) is 0.200. The third-order valence-electron chi connectivity index (χ3n) is 3.75. The smallest absolute Gasteiger partial charge is 0.369 e. The second-order valence-corrected chi connectivity index (χ2v) is 5.59. The van der Waals surface area contributed by atoms with Gasteiger partial charge in [0.1, 0.15) is 5.82 Å². The lowest BCUT2D eigenvalue weighted by atomic mass is 9.93. The lowest BCUT2D eigenvalue weighted by Gasteiger charge is -2.22. The molecule has 0 bridgehead atoms. The molecule has 136 valence electrons. The number of anilines is 3. The summed E-state index contributed by atoms with van der Waals surface area (Å²) in [5, 5.41) is 4.88. The number of nitrogens with two attached hydrogens (primary N) is 1. The molecule has 26 heavy (non-hydrogen) atoms. The Hall–Kier alpha value is -3.37. The number of halogens is 3. The molecule has 0 aliphatic carbocycles. The molecule has 0 saturated heterocycles. The molecule has 2 heterocycles. The van der Waals surface area contributed by atoms with Gasteiger partial charge in [0.15, 0.2) is 0 Å². The van der Waals surface area contributed by atoms with Crippen molar-refractivity contribution in [2.45, 2.75) is 18.5 Å². The zero-order valence-corrected chi connectivity index (χ0v) is 13.0. The van der Waals surface area contributed by atoms with E-state index in [1.54, 1.807) is 0 Å². The largest absolute Gasteiger partial charge is 0.416 e. The van der Waals surface area contributed by atoms with Gasteiger partial charge in [-0.1, -0.05) is 6.07 Å². The van der Waals surface area contributed by atoms with Crippen molar-refractivity contribution in [1.82, 2.24) is 9.97 Å². The van der Waals surface area contributed by atoms with E-state index in [0.29, 0.717) is 0 Å². The first-order valence-corrected chi connectivity index (χ1v) is 7.33. The minimum absolute atomic E-state index is 0.0245. The summed E-state index contributed by atoms with van der Waals surface area (Å²) in [6.07, 6.45) is -4.81. The molecule has 8 nitrogen and oxygen atoms in total. The van der Waals surface area contributed by atoms with Crippen LogP contribution < -0.4 is 21.9 Å². The van der Waals surface area contributed by atoms with Gasteiger partial charge in [0.05, 0.1) is 17.0 Å². The van der Waals surface area contributed by atoms with Gasteiger partial charge in [0.25, 0.3) is 5.56 Å². The monoisotopic (exact) mass is 367 g/mol. The van der Waals surface area contributed by atoms with Crippen LogP contribution in [0, 0.1) is 0 Å². The molecule has 0 unspecified atom stereocenters. The summed E-state index contributed by atoms with van der Waals surface area (Å²) in [6, 6.07) is 4.27. The van der Waals surface area contributed by atoms with E-state index in [4.69, 9.17) is 5.73 Å². The second kappa shape index (κ2) is 6.17. The van der Waals surface area contributed by atoms with Crippen LogP contribution in [0.4, 0.5) is 30.6 Å². The Kier molecular flexibility index (Phi) is 4.14. The minimum atomic E-state index is -4.53. The minimum Gasteiger partial charge on any atom is -0.369 e. The molecule has 0 saturated carbocycles. The molecule has 1 atom stereocenters. The molecule has 1 aromatic heterocycles. The number of hydrogen-bond donors (Lipinski definition) is 4. The number of nitrogens with one attached hydrogen (secondary N) is 3. The number of carbonyl (C=O) groups excluding carboxylic acids is 2. The lowest BCUT2D eigenvalue weighted by molar-refractivity contribution is -0.137. The number of fused-ring (bicyclic) bond motifs is 1. The van der Waals surface area contributed by atoms with E-state index in [0.717, 1.165) is 12.1 Å². The summed E-state index contributed by atoms with van der Waals surface area (Å²) in [6.45, 7) is 0. The van der Waals surface area contributed by atoms with Crippen LogP contribution in [-0.4, -0.2) is 21.8 Å². The molecular weight excluding hydrogens is 355 g/mol. The van der Waals surface area contributed by atoms with E-state index in [-0.39, 0.29) is 29.4 Å². The summed E-state index contributed by atoms with van der Waals surface area (Å²) < 4.78 is 38.3. The maximum Gasteiger partial charge on any atom is 0.416 e. The van der Waals surface area contributed by atoms with Gasteiger partial charge < -0.3 is 16.4 Å². The summed E-state index contributed by atoms with van der Waals surface area (Å²) >= 11 is 0. The predicted molar refractivity (Wildman–Crippen MR) is 84.8 cm³/mol. The molecule has 0 spiro atoms. The Morgan fingerprint density at radius 3 is 2.69 bits per heavy atom. The van der Waals surface area contributed by atoms with Gasteiger partial charge in [-0.25, -0.2) is 0 Å². The van der Waals surface area contributed by atoms with Crippen LogP contribution in [0.2, 0.25) is 0 Å². The Balaban J connectivity index is 1.98. The topological polar surface area (TPSA) is 130 Å². The van der Waals surface area contributed by atoms with Crippen molar-refractivity contribution < 1.29 is 22.8 Å². The van der Waals surface area contributed by atoms with Gasteiger partial charge in [-0.15, -0.1) is 0 Å². The van der Waals surface area contributed by atoms with E-state index in [9.17, 15) is 27.6 Å². The van der Waals surface area contributed by atoms with Crippen LogP contribution in [0.25, 0.3) is 0 Å². The number of alkyl halides is 3. The fourth-order valence-electron chi connectivity index (χ4n) is 2.58. The number of aromatic amines is 1. The molecule has 1 aliphatic heterocycles. The Labute approximate surface area is 143 Å². The highest BCUT2D eigenvalue weighted by Gasteiger charge is 2.33. The van der Waals surface area contributed by atoms with Crippen LogP contribution in [0.1, 0.15) is 23.5 Å². The number of aromatic nitrogens is 2. The van der Waals surface area contributed by atoms with Crippen molar-refractivity contribution in [2.75, 3.05) is 10.6 Å². The molecule has 0 radical (unpaired) electrons. The van der Waals surface area contributed by atoms with Crippen LogP contribution in [-0.2, 0) is 15.8 Å². The average molecular weight is 367 g/mol. The molecule has 2 aromatic rings. The molecule has 5 N–H and O–H groups in total. The van der Waals surface area contributed by atoms with Crippen LogP contribution >= 0.6 is 0 Å². The fourth-order valence-corrected chi connectivity index (χ4v) is 2.58. The molecule has 1 aliphatic rings. The molecule has 0 fully saturated rings. The van der Waals surface area contributed by atoms with Crippen molar-refractivity contribution in [2.24, 2.45) is 5.73 Å². The Morgan fingerprint density at radius 1 is 1.31 bits per heavy atom. The Morgan fingerprint density at radius 2 is 2.04 bits per heavy atom. The van der Waals surface area contributed by atoms with E-state index in [1.165, 1.54) is 12.1 Å². The summed E-state index contributed by atoms with van der Waals surface area (Å²) in [5.74, 6) is -2.89. The standard InChI is InChI=1S/C15H12F3N5O3/c16-15(17,18)6-2-1-3-7(4-6)20-14-22-12-10(13(26)23-14)8(11(19)25)5-9(24)21-12/h1-4,8H,5H2,(H2,19,25)(H3,20,21,22,23,24,26)/t8-/m1/s1. The third kappa shape index (κ3) is 3.36. The van der Waals surface area contributed by atoms with Crippen LogP contribution in [0.5, 0.6) is 0 Å². The molecule has 11 heteroatoms. The lowest BCUT2D eigenvalue weighted by Crippen LogP contribution is -2.36. The maximum atomic E-state index is 12.8. The number of benzene rings is 1. The first-order valence-electron chi connectivity index (χ1n) is 7.33. The average Bonchev–Trinajstić information content (AvgIpc) is 2.53. The number of H-pyrrole nitrogens is 1. The van der Waals surface area contributed by atoms with E-state index in [1.807, 2.05) is 0 Å². The number of hydrogen-bond acceptors (Lipinski definition) is 5. The van der Waals surface area contributed by atoms with Crippen molar-refractivity contribution in [3.05, 3.63) is 45.7 Å². The van der Waals surface area contributed by atoms with Crippen molar-refractivity contribution in [3.63, 3.8) is 0 Å². The molecule has 3 rings (SSSR count). The Bertz CT molecular complexity index is 954. The van der Waals surface area contributed by atoms with Crippen LogP contribution in [0.15, 0.2) is 29.1 Å². The van der Waals surface area contributed by atoms with Crippen molar-refractivity contribution in [3.8, 4) is 0 Å². The molecular formula is C15H12F3N5O3.